The van der Waals surface area contributed by atoms with Crippen molar-refractivity contribution in [3.05, 3.63) is 62.7 Å². The lowest BCUT2D eigenvalue weighted by atomic mass is 10.2. The number of methoxy groups -OCH3 is 1. The van der Waals surface area contributed by atoms with Crippen LogP contribution in [-0.4, -0.2) is 64.4 Å². The summed E-state index contributed by atoms with van der Waals surface area (Å²) in [7, 11) is 4.57. The molecule has 1 aliphatic heterocycles. The van der Waals surface area contributed by atoms with Crippen LogP contribution in [0.15, 0.2) is 39.9 Å². The lowest BCUT2D eigenvalue weighted by molar-refractivity contribution is 0.0734. The van der Waals surface area contributed by atoms with E-state index in [1.54, 1.807) is 41.8 Å². The average Bonchev–Trinajstić information content (AvgIpc) is 3.19. The zero-order chi connectivity index (χ0) is 23.0. The maximum absolute atomic E-state index is 13.4. The Kier molecular flexibility index (Phi) is 5.88. The Hall–Kier alpha value is -3.40. The van der Waals surface area contributed by atoms with Crippen molar-refractivity contribution in [2.45, 2.75) is 6.54 Å². The zero-order valence-electron chi connectivity index (χ0n) is 18.4. The number of piperazine rings is 1. The summed E-state index contributed by atoms with van der Waals surface area (Å²) in [4.78, 5) is 42.4. The van der Waals surface area contributed by atoms with Crippen molar-refractivity contribution in [1.29, 1.82) is 0 Å². The van der Waals surface area contributed by atoms with Gasteiger partial charge in [0.1, 0.15) is 17.2 Å². The molecule has 0 atom stereocenters. The molecule has 0 aliphatic carbocycles. The van der Waals surface area contributed by atoms with Crippen LogP contribution in [-0.2, 0) is 25.4 Å². The summed E-state index contributed by atoms with van der Waals surface area (Å²) in [6.07, 6.45) is 0. The van der Waals surface area contributed by atoms with Gasteiger partial charge in [0, 0.05) is 59.6 Å². The van der Waals surface area contributed by atoms with E-state index in [1.807, 2.05) is 0 Å². The van der Waals surface area contributed by atoms with Crippen LogP contribution >= 0.6 is 0 Å². The highest BCUT2D eigenvalue weighted by atomic mass is 19.1. The molecule has 1 amide bonds. The number of aromatic nitrogens is 3. The second-order valence-electron chi connectivity index (χ2n) is 7.87. The SMILES string of the molecule is COCCn1c(C(=O)N2CCN(c3ccc(F)cc3)CC2)cc2c(=O)n(C)c(=O)n(C)c21. The van der Waals surface area contributed by atoms with Crippen LogP contribution < -0.4 is 16.1 Å². The van der Waals surface area contributed by atoms with Crippen molar-refractivity contribution in [1.82, 2.24) is 18.6 Å². The van der Waals surface area contributed by atoms with Crippen LogP contribution in [0.4, 0.5) is 10.1 Å². The molecule has 2 aromatic heterocycles. The van der Waals surface area contributed by atoms with E-state index in [4.69, 9.17) is 4.74 Å². The summed E-state index contributed by atoms with van der Waals surface area (Å²) in [6.45, 7) is 2.84. The summed E-state index contributed by atoms with van der Waals surface area (Å²) < 4.78 is 22.5. The molecule has 0 spiro atoms. The Bertz CT molecular complexity index is 1270. The number of ether oxygens (including phenoxy) is 1. The third-order valence-corrected chi connectivity index (χ3v) is 5.99. The van der Waals surface area contributed by atoms with Gasteiger partial charge in [-0.05, 0) is 30.3 Å². The monoisotopic (exact) mass is 443 g/mol. The normalized spacial score (nSPS) is 14.4. The van der Waals surface area contributed by atoms with E-state index in [0.29, 0.717) is 56.1 Å². The first kappa shape index (κ1) is 21.8. The van der Waals surface area contributed by atoms with Gasteiger partial charge in [-0.15, -0.1) is 0 Å². The summed E-state index contributed by atoms with van der Waals surface area (Å²) >= 11 is 0. The first-order valence-electron chi connectivity index (χ1n) is 10.4. The highest BCUT2D eigenvalue weighted by Gasteiger charge is 2.27. The molecule has 4 rings (SSSR count). The molecule has 0 radical (unpaired) electrons. The molecule has 0 bridgehead atoms. The number of anilines is 1. The lowest BCUT2D eigenvalue weighted by Gasteiger charge is -2.36. The maximum Gasteiger partial charge on any atom is 0.332 e. The van der Waals surface area contributed by atoms with Gasteiger partial charge in [-0.3, -0.25) is 18.7 Å². The van der Waals surface area contributed by atoms with Gasteiger partial charge in [0.2, 0.25) is 0 Å². The van der Waals surface area contributed by atoms with Crippen molar-refractivity contribution in [3.8, 4) is 0 Å². The van der Waals surface area contributed by atoms with Crippen LogP contribution in [0.3, 0.4) is 0 Å². The second-order valence-corrected chi connectivity index (χ2v) is 7.87. The van der Waals surface area contributed by atoms with Gasteiger partial charge in [0.15, 0.2) is 0 Å². The largest absolute Gasteiger partial charge is 0.383 e. The quantitative estimate of drug-likeness (QED) is 0.582. The number of nitrogens with zero attached hydrogens (tertiary/aromatic N) is 5. The first-order chi connectivity index (χ1) is 15.3. The van der Waals surface area contributed by atoms with E-state index >= 15 is 0 Å². The van der Waals surface area contributed by atoms with Gasteiger partial charge < -0.3 is 19.1 Å². The molecular formula is C22H26FN5O4. The highest BCUT2D eigenvalue weighted by molar-refractivity contribution is 5.98. The molecule has 1 fully saturated rings. The molecule has 3 aromatic rings. The number of fused-ring (bicyclic) bond motifs is 1. The summed E-state index contributed by atoms with van der Waals surface area (Å²) in [5.41, 5.74) is 0.779. The Morgan fingerprint density at radius 1 is 1.03 bits per heavy atom. The van der Waals surface area contributed by atoms with Crippen molar-refractivity contribution in [2.75, 3.05) is 44.8 Å². The van der Waals surface area contributed by atoms with Crippen molar-refractivity contribution in [3.63, 3.8) is 0 Å². The Morgan fingerprint density at radius 2 is 1.69 bits per heavy atom. The number of rotatable bonds is 5. The Balaban J connectivity index is 1.65. The van der Waals surface area contributed by atoms with Gasteiger partial charge >= 0.3 is 5.69 Å². The van der Waals surface area contributed by atoms with Crippen molar-refractivity contribution < 1.29 is 13.9 Å². The lowest BCUT2D eigenvalue weighted by Crippen LogP contribution is -2.49. The van der Waals surface area contributed by atoms with Crippen LogP contribution in [0, 0.1) is 5.82 Å². The van der Waals surface area contributed by atoms with E-state index in [0.717, 1.165) is 10.3 Å². The van der Waals surface area contributed by atoms with Crippen molar-refractivity contribution in [2.24, 2.45) is 14.1 Å². The van der Waals surface area contributed by atoms with E-state index < -0.39 is 11.2 Å². The van der Waals surface area contributed by atoms with E-state index in [1.165, 1.54) is 23.7 Å². The van der Waals surface area contributed by atoms with Crippen LogP contribution in [0.2, 0.25) is 0 Å². The minimum atomic E-state index is -0.453. The van der Waals surface area contributed by atoms with Crippen molar-refractivity contribution >= 4 is 22.6 Å². The number of benzene rings is 1. The summed E-state index contributed by atoms with van der Waals surface area (Å²) in [5, 5.41) is 0.319. The predicted molar refractivity (Wildman–Crippen MR) is 119 cm³/mol. The number of aryl methyl sites for hydroxylation is 1. The van der Waals surface area contributed by atoms with Gasteiger partial charge in [-0.2, -0.15) is 0 Å². The topological polar surface area (TPSA) is 81.7 Å². The maximum atomic E-state index is 13.4. The minimum Gasteiger partial charge on any atom is -0.383 e. The molecule has 170 valence electrons. The number of halogens is 1. The van der Waals surface area contributed by atoms with E-state index in [9.17, 15) is 18.8 Å². The Labute approximate surface area is 183 Å². The molecule has 0 unspecified atom stereocenters. The molecule has 1 aromatic carbocycles. The smallest absolute Gasteiger partial charge is 0.332 e. The number of hydrogen-bond donors (Lipinski definition) is 0. The minimum absolute atomic E-state index is 0.203. The summed E-state index contributed by atoms with van der Waals surface area (Å²) in [6, 6.07) is 7.87. The van der Waals surface area contributed by atoms with E-state index in [2.05, 4.69) is 4.90 Å². The van der Waals surface area contributed by atoms with Crippen LogP contribution in [0.1, 0.15) is 10.5 Å². The fourth-order valence-corrected chi connectivity index (χ4v) is 4.21. The molecule has 32 heavy (non-hydrogen) atoms. The van der Waals surface area contributed by atoms with E-state index in [-0.39, 0.29) is 11.7 Å². The molecular weight excluding hydrogens is 417 g/mol. The number of carbonyl (C=O) groups is 1. The standard InChI is InChI=1S/C22H26FN5O4/c1-24-19-17(20(29)25(2)22(24)31)14-18(28(19)12-13-32-3)21(30)27-10-8-26(9-11-27)16-6-4-15(23)5-7-16/h4-7,14H,8-13H2,1-3H3. The molecule has 1 saturated heterocycles. The van der Waals surface area contributed by atoms with Crippen LogP contribution in [0.5, 0.6) is 0 Å². The third kappa shape index (κ3) is 3.70. The summed E-state index contributed by atoms with van der Waals surface area (Å²) in [5.74, 6) is -0.488. The van der Waals surface area contributed by atoms with Gasteiger partial charge in [-0.25, -0.2) is 9.18 Å². The van der Waals surface area contributed by atoms with Gasteiger partial charge in [-0.1, -0.05) is 0 Å². The average molecular weight is 443 g/mol. The van der Waals surface area contributed by atoms with Crippen LogP contribution in [0.25, 0.3) is 11.0 Å². The fourth-order valence-electron chi connectivity index (χ4n) is 4.21. The van der Waals surface area contributed by atoms with Gasteiger partial charge in [0.05, 0.1) is 12.0 Å². The zero-order valence-corrected chi connectivity index (χ0v) is 18.4. The molecule has 1 aliphatic rings. The third-order valence-electron chi connectivity index (χ3n) is 5.99. The first-order valence-corrected chi connectivity index (χ1v) is 10.4. The highest BCUT2D eigenvalue weighted by Crippen LogP contribution is 2.21. The molecule has 3 heterocycles. The predicted octanol–water partition coefficient (Wildman–Crippen LogP) is 0.787. The molecule has 0 saturated carbocycles. The number of carbonyl (C=O) groups excluding carboxylic acids is 1. The molecule has 0 N–H and O–H groups in total. The Morgan fingerprint density at radius 3 is 2.31 bits per heavy atom. The number of hydrogen-bond acceptors (Lipinski definition) is 5. The fraction of sp³-hybridized carbons (Fsp3) is 0.409. The second kappa shape index (κ2) is 8.62. The number of amides is 1. The molecule has 9 nitrogen and oxygen atoms in total. The molecule has 10 heteroatoms. The van der Waals surface area contributed by atoms with Gasteiger partial charge in [0.25, 0.3) is 11.5 Å².